The second-order valence-electron chi connectivity index (χ2n) is 4.52. The van der Waals surface area contributed by atoms with Gasteiger partial charge in [-0.1, -0.05) is 20.3 Å². The summed E-state index contributed by atoms with van der Waals surface area (Å²) in [6.45, 7) is 7.96. The quantitative estimate of drug-likeness (QED) is 0.766. The molecule has 2 unspecified atom stereocenters. The number of amides is 1. The molecule has 1 heterocycles. The molecule has 0 spiro atoms. The fourth-order valence-corrected chi connectivity index (χ4v) is 1.76. The van der Waals surface area contributed by atoms with E-state index < -0.39 is 0 Å². The third-order valence-electron chi connectivity index (χ3n) is 3.35. The number of carbonyl (C=O) groups is 1. The lowest BCUT2D eigenvalue weighted by Gasteiger charge is -2.28. The summed E-state index contributed by atoms with van der Waals surface area (Å²) >= 11 is 0. The topological polar surface area (TPSA) is 29.5 Å². The first-order chi connectivity index (χ1) is 7.15. The minimum atomic E-state index is -0.123. The van der Waals surface area contributed by atoms with E-state index in [9.17, 15) is 4.79 Å². The van der Waals surface area contributed by atoms with Gasteiger partial charge in [0.2, 0.25) is 0 Å². The average Bonchev–Trinajstić information content (AvgIpc) is 2.29. The van der Waals surface area contributed by atoms with Crippen molar-refractivity contribution < 1.29 is 9.53 Å². The molecule has 0 saturated carbocycles. The van der Waals surface area contributed by atoms with E-state index in [4.69, 9.17) is 4.74 Å². The van der Waals surface area contributed by atoms with Crippen molar-refractivity contribution in [2.24, 2.45) is 5.92 Å². The smallest absolute Gasteiger partial charge is 0.410 e. The van der Waals surface area contributed by atoms with Crippen LogP contribution in [-0.4, -0.2) is 30.2 Å². The standard InChI is InChI=1S/C12H23NO2.H2S/c1-4-10(2)11(3)15-12(14)13-8-6-5-7-9-13;/h10-11H,4-9H2,1-3H3;1H2. The van der Waals surface area contributed by atoms with Gasteiger partial charge in [0.1, 0.15) is 6.10 Å². The molecule has 0 aromatic carbocycles. The Morgan fingerprint density at radius 1 is 1.25 bits per heavy atom. The number of nitrogens with zero attached hydrogens (tertiary/aromatic N) is 1. The molecule has 1 fully saturated rings. The Labute approximate surface area is 106 Å². The molecule has 0 aromatic heterocycles. The van der Waals surface area contributed by atoms with Crippen LogP contribution in [-0.2, 0) is 4.74 Å². The van der Waals surface area contributed by atoms with Crippen molar-refractivity contribution in [3.63, 3.8) is 0 Å². The van der Waals surface area contributed by atoms with E-state index in [-0.39, 0.29) is 25.7 Å². The van der Waals surface area contributed by atoms with Gasteiger partial charge in [-0.3, -0.25) is 0 Å². The van der Waals surface area contributed by atoms with Gasteiger partial charge in [-0.15, -0.1) is 0 Å². The maximum Gasteiger partial charge on any atom is 0.410 e. The fourth-order valence-electron chi connectivity index (χ4n) is 1.76. The highest BCUT2D eigenvalue weighted by Gasteiger charge is 2.21. The van der Waals surface area contributed by atoms with Crippen LogP contribution < -0.4 is 0 Å². The first-order valence-electron chi connectivity index (χ1n) is 6.10. The third-order valence-corrected chi connectivity index (χ3v) is 3.35. The van der Waals surface area contributed by atoms with Gasteiger partial charge in [-0.2, -0.15) is 13.5 Å². The predicted molar refractivity (Wildman–Crippen MR) is 71.2 cm³/mol. The molecule has 1 rings (SSSR count). The lowest BCUT2D eigenvalue weighted by molar-refractivity contribution is 0.0423. The molecular weight excluding hydrogens is 222 g/mol. The minimum Gasteiger partial charge on any atom is -0.446 e. The third kappa shape index (κ3) is 4.64. The Hall–Kier alpha value is -0.380. The molecule has 1 aliphatic rings. The molecule has 4 heteroatoms. The molecule has 3 nitrogen and oxygen atoms in total. The van der Waals surface area contributed by atoms with Crippen LogP contribution in [0.1, 0.15) is 46.5 Å². The van der Waals surface area contributed by atoms with Gasteiger partial charge in [0, 0.05) is 13.1 Å². The molecule has 0 radical (unpaired) electrons. The molecule has 1 amide bonds. The van der Waals surface area contributed by atoms with Crippen LogP contribution >= 0.6 is 13.5 Å². The highest BCUT2D eigenvalue weighted by molar-refractivity contribution is 7.59. The summed E-state index contributed by atoms with van der Waals surface area (Å²) in [6.07, 6.45) is 4.44. The van der Waals surface area contributed by atoms with Gasteiger partial charge in [0.15, 0.2) is 0 Å². The van der Waals surface area contributed by atoms with Crippen LogP contribution in [0.3, 0.4) is 0 Å². The lowest BCUT2D eigenvalue weighted by Crippen LogP contribution is -2.38. The van der Waals surface area contributed by atoms with E-state index in [0.717, 1.165) is 32.4 Å². The molecule has 0 aromatic rings. The predicted octanol–water partition coefficient (Wildman–Crippen LogP) is 3.16. The lowest BCUT2D eigenvalue weighted by atomic mass is 10.0. The van der Waals surface area contributed by atoms with Crippen molar-refractivity contribution in [2.45, 2.75) is 52.6 Å². The Morgan fingerprint density at radius 3 is 2.31 bits per heavy atom. The summed E-state index contributed by atoms with van der Waals surface area (Å²) in [7, 11) is 0. The molecule has 16 heavy (non-hydrogen) atoms. The van der Waals surface area contributed by atoms with Crippen molar-refractivity contribution in [3.8, 4) is 0 Å². The Bertz CT molecular complexity index is 205. The normalized spacial score (nSPS) is 19.6. The fraction of sp³-hybridized carbons (Fsp3) is 0.917. The first kappa shape index (κ1) is 15.6. The van der Waals surface area contributed by atoms with Crippen LogP contribution in [0.5, 0.6) is 0 Å². The number of carbonyl (C=O) groups excluding carboxylic acids is 1. The van der Waals surface area contributed by atoms with Crippen LogP contribution in [0.25, 0.3) is 0 Å². The SMILES string of the molecule is CCC(C)C(C)OC(=O)N1CCCCC1.S. The number of hydrogen-bond acceptors (Lipinski definition) is 2. The maximum atomic E-state index is 11.7. The summed E-state index contributed by atoms with van der Waals surface area (Å²) in [5, 5.41) is 0. The molecule has 96 valence electrons. The number of piperidine rings is 1. The number of ether oxygens (including phenoxy) is 1. The second kappa shape index (κ2) is 7.82. The first-order valence-corrected chi connectivity index (χ1v) is 6.10. The largest absolute Gasteiger partial charge is 0.446 e. The van der Waals surface area contributed by atoms with Crippen LogP contribution in [0.4, 0.5) is 4.79 Å². The van der Waals surface area contributed by atoms with Crippen molar-refractivity contribution in [1.29, 1.82) is 0 Å². The van der Waals surface area contributed by atoms with Crippen LogP contribution in [0.15, 0.2) is 0 Å². The molecule has 2 atom stereocenters. The zero-order valence-corrected chi connectivity index (χ0v) is 11.7. The summed E-state index contributed by atoms with van der Waals surface area (Å²) in [6, 6.07) is 0. The molecule has 1 saturated heterocycles. The number of rotatable bonds is 3. The maximum absolute atomic E-state index is 11.7. The average molecular weight is 247 g/mol. The summed E-state index contributed by atoms with van der Waals surface area (Å²) in [5.74, 6) is 0.443. The van der Waals surface area contributed by atoms with Crippen molar-refractivity contribution >= 4 is 19.6 Å². The van der Waals surface area contributed by atoms with Gasteiger partial charge in [0.05, 0.1) is 0 Å². The van der Waals surface area contributed by atoms with Gasteiger partial charge in [0.25, 0.3) is 0 Å². The van der Waals surface area contributed by atoms with Gasteiger partial charge < -0.3 is 9.64 Å². The van der Waals surface area contributed by atoms with Crippen molar-refractivity contribution in [2.75, 3.05) is 13.1 Å². The molecule has 0 N–H and O–H groups in total. The Kier molecular flexibility index (Phi) is 7.64. The monoisotopic (exact) mass is 247 g/mol. The zero-order valence-electron chi connectivity index (χ0n) is 10.7. The summed E-state index contributed by atoms with van der Waals surface area (Å²) in [5.41, 5.74) is 0. The van der Waals surface area contributed by atoms with Crippen molar-refractivity contribution in [3.05, 3.63) is 0 Å². The van der Waals surface area contributed by atoms with E-state index in [1.54, 1.807) is 0 Å². The van der Waals surface area contributed by atoms with E-state index in [1.165, 1.54) is 6.42 Å². The van der Waals surface area contributed by atoms with E-state index in [0.29, 0.717) is 5.92 Å². The molecule has 0 bridgehead atoms. The van der Waals surface area contributed by atoms with E-state index >= 15 is 0 Å². The molecular formula is C12H25NO2S. The number of likely N-dealkylation sites (tertiary alicyclic amines) is 1. The van der Waals surface area contributed by atoms with Gasteiger partial charge >= 0.3 is 6.09 Å². The van der Waals surface area contributed by atoms with Gasteiger partial charge in [-0.25, -0.2) is 4.79 Å². The van der Waals surface area contributed by atoms with Crippen molar-refractivity contribution in [1.82, 2.24) is 4.90 Å². The second-order valence-corrected chi connectivity index (χ2v) is 4.52. The Balaban J connectivity index is 0.00000225. The van der Waals surface area contributed by atoms with Gasteiger partial charge in [-0.05, 0) is 32.1 Å². The Morgan fingerprint density at radius 2 is 1.81 bits per heavy atom. The number of hydrogen-bond donors (Lipinski definition) is 0. The zero-order chi connectivity index (χ0) is 11.3. The highest BCUT2D eigenvalue weighted by Crippen LogP contribution is 2.15. The van der Waals surface area contributed by atoms with Crippen LogP contribution in [0, 0.1) is 5.92 Å². The minimum absolute atomic E-state index is 0. The highest BCUT2D eigenvalue weighted by atomic mass is 32.1. The van der Waals surface area contributed by atoms with E-state index in [1.807, 2.05) is 11.8 Å². The molecule has 0 aliphatic carbocycles. The van der Waals surface area contributed by atoms with Crippen LogP contribution in [0.2, 0.25) is 0 Å². The summed E-state index contributed by atoms with van der Waals surface area (Å²) < 4.78 is 5.43. The molecule has 1 aliphatic heterocycles. The summed E-state index contributed by atoms with van der Waals surface area (Å²) in [4.78, 5) is 13.6. The van der Waals surface area contributed by atoms with E-state index in [2.05, 4.69) is 13.8 Å².